The third kappa shape index (κ3) is 2.63. The number of hydrogen-bond donors (Lipinski definition) is 1. The summed E-state index contributed by atoms with van der Waals surface area (Å²) in [7, 11) is 0. The van der Waals surface area contributed by atoms with E-state index in [4.69, 9.17) is 5.11 Å². The monoisotopic (exact) mass is 261 g/mol. The molecule has 0 unspecified atom stereocenters. The Labute approximate surface area is 110 Å². The molecule has 0 aliphatic rings. The third-order valence-corrected chi connectivity index (χ3v) is 2.97. The molecule has 1 aromatic heterocycles. The molecule has 0 aliphatic carbocycles. The molecule has 0 amide bonds. The van der Waals surface area contributed by atoms with Gasteiger partial charge < -0.3 is 15.2 Å². The Bertz CT molecular complexity index is 575. The minimum Gasteiger partial charge on any atom is -0.392 e. The van der Waals surface area contributed by atoms with Gasteiger partial charge in [0.15, 0.2) is 0 Å². The number of imidazole rings is 1. The molecule has 0 atom stereocenters. The Morgan fingerprint density at radius 1 is 1.37 bits per heavy atom. The van der Waals surface area contributed by atoms with Crippen molar-refractivity contribution in [2.75, 3.05) is 6.61 Å². The summed E-state index contributed by atoms with van der Waals surface area (Å²) < 4.78 is 1.42. The SMILES string of the molecule is CCc1ccc(-c2ncc([N+](=O)[O-])n2CCO)cc1. The number of aromatic nitrogens is 2. The zero-order valence-electron chi connectivity index (χ0n) is 10.6. The van der Waals surface area contributed by atoms with Gasteiger partial charge in [0, 0.05) is 5.56 Å². The lowest BCUT2D eigenvalue weighted by molar-refractivity contribution is -0.392. The minimum atomic E-state index is -0.493. The van der Waals surface area contributed by atoms with E-state index in [0.29, 0.717) is 5.82 Å². The van der Waals surface area contributed by atoms with E-state index in [-0.39, 0.29) is 19.0 Å². The van der Waals surface area contributed by atoms with Gasteiger partial charge in [-0.3, -0.25) is 0 Å². The highest BCUT2D eigenvalue weighted by atomic mass is 16.6. The third-order valence-electron chi connectivity index (χ3n) is 2.97. The van der Waals surface area contributed by atoms with E-state index < -0.39 is 4.92 Å². The summed E-state index contributed by atoms with van der Waals surface area (Å²) in [6, 6.07) is 7.72. The first-order valence-electron chi connectivity index (χ1n) is 6.07. The first kappa shape index (κ1) is 13.2. The highest BCUT2D eigenvalue weighted by Gasteiger charge is 2.20. The molecule has 6 nitrogen and oxygen atoms in total. The number of aryl methyl sites for hydroxylation is 1. The molecular formula is C13H15N3O3. The van der Waals surface area contributed by atoms with Gasteiger partial charge in [-0.25, -0.2) is 9.55 Å². The van der Waals surface area contributed by atoms with Crippen molar-refractivity contribution in [3.8, 4) is 11.4 Å². The van der Waals surface area contributed by atoms with Crippen LogP contribution in [-0.2, 0) is 13.0 Å². The molecule has 0 spiro atoms. The number of rotatable bonds is 5. The van der Waals surface area contributed by atoms with Crippen LogP contribution < -0.4 is 0 Å². The summed E-state index contributed by atoms with van der Waals surface area (Å²) in [6.45, 7) is 2.05. The summed E-state index contributed by atoms with van der Waals surface area (Å²) in [4.78, 5) is 14.5. The zero-order valence-corrected chi connectivity index (χ0v) is 10.6. The van der Waals surface area contributed by atoms with Crippen LogP contribution in [0.2, 0.25) is 0 Å². The Morgan fingerprint density at radius 2 is 2.05 bits per heavy atom. The van der Waals surface area contributed by atoms with Crippen LogP contribution in [0.1, 0.15) is 12.5 Å². The van der Waals surface area contributed by atoms with Crippen LogP contribution in [0, 0.1) is 10.1 Å². The van der Waals surface area contributed by atoms with Crippen LogP contribution in [0.25, 0.3) is 11.4 Å². The smallest absolute Gasteiger partial charge is 0.343 e. The minimum absolute atomic E-state index is 0.108. The molecule has 100 valence electrons. The molecular weight excluding hydrogens is 246 g/mol. The van der Waals surface area contributed by atoms with Gasteiger partial charge in [-0.2, -0.15) is 0 Å². The van der Waals surface area contributed by atoms with Crippen molar-refractivity contribution in [3.63, 3.8) is 0 Å². The Balaban J connectivity index is 2.45. The van der Waals surface area contributed by atoms with Crippen molar-refractivity contribution in [3.05, 3.63) is 46.1 Å². The average molecular weight is 261 g/mol. The number of aliphatic hydroxyl groups excluding tert-OH is 1. The van der Waals surface area contributed by atoms with Crippen LogP contribution in [0.4, 0.5) is 5.82 Å². The quantitative estimate of drug-likeness (QED) is 0.659. The first-order chi connectivity index (χ1) is 9.17. The van der Waals surface area contributed by atoms with Crippen molar-refractivity contribution < 1.29 is 10.0 Å². The molecule has 2 aromatic rings. The van der Waals surface area contributed by atoms with Crippen molar-refractivity contribution >= 4 is 5.82 Å². The fourth-order valence-corrected chi connectivity index (χ4v) is 1.95. The van der Waals surface area contributed by atoms with E-state index in [1.807, 2.05) is 24.3 Å². The van der Waals surface area contributed by atoms with Gasteiger partial charge in [-0.05, 0) is 29.0 Å². The van der Waals surface area contributed by atoms with Crippen molar-refractivity contribution in [1.29, 1.82) is 0 Å². The lowest BCUT2D eigenvalue weighted by atomic mass is 10.1. The van der Waals surface area contributed by atoms with Gasteiger partial charge in [0.2, 0.25) is 5.82 Å². The molecule has 0 saturated heterocycles. The highest BCUT2D eigenvalue weighted by Crippen LogP contribution is 2.24. The van der Waals surface area contributed by atoms with Crippen LogP contribution in [0.5, 0.6) is 0 Å². The fourth-order valence-electron chi connectivity index (χ4n) is 1.95. The number of nitro groups is 1. The van der Waals surface area contributed by atoms with Crippen molar-refractivity contribution in [2.24, 2.45) is 0 Å². The predicted octanol–water partition coefficient (Wildman–Crippen LogP) is 2.01. The van der Waals surface area contributed by atoms with E-state index in [2.05, 4.69) is 11.9 Å². The maximum absolute atomic E-state index is 10.9. The Kier molecular flexibility index (Phi) is 3.91. The van der Waals surface area contributed by atoms with Gasteiger partial charge in [-0.15, -0.1) is 0 Å². The molecule has 2 rings (SSSR count). The Morgan fingerprint density at radius 3 is 2.58 bits per heavy atom. The number of aliphatic hydroxyl groups is 1. The molecule has 1 N–H and O–H groups in total. The number of hydrogen-bond acceptors (Lipinski definition) is 4. The van der Waals surface area contributed by atoms with Crippen LogP contribution in [0.3, 0.4) is 0 Å². The summed E-state index contributed by atoms with van der Waals surface area (Å²) in [5.41, 5.74) is 2.00. The lowest BCUT2D eigenvalue weighted by Gasteiger charge is -2.04. The summed E-state index contributed by atoms with van der Waals surface area (Å²) in [5, 5.41) is 19.9. The van der Waals surface area contributed by atoms with Crippen LogP contribution >= 0.6 is 0 Å². The average Bonchev–Trinajstić information content (AvgIpc) is 2.83. The second-order valence-corrected chi connectivity index (χ2v) is 4.12. The summed E-state index contributed by atoms with van der Waals surface area (Å²) in [5.74, 6) is 0.395. The molecule has 0 saturated carbocycles. The van der Waals surface area contributed by atoms with E-state index in [1.54, 1.807) is 0 Å². The maximum Gasteiger partial charge on any atom is 0.343 e. The van der Waals surface area contributed by atoms with E-state index in [9.17, 15) is 10.1 Å². The standard InChI is InChI=1S/C13H15N3O3/c1-2-10-3-5-11(6-4-10)13-14-9-12(16(18)19)15(13)7-8-17/h3-6,9,17H,2,7-8H2,1H3. The zero-order chi connectivity index (χ0) is 13.8. The summed E-state index contributed by atoms with van der Waals surface area (Å²) >= 11 is 0. The normalized spacial score (nSPS) is 10.6. The molecule has 1 heterocycles. The molecule has 0 aliphatic heterocycles. The lowest BCUT2D eigenvalue weighted by Crippen LogP contribution is -2.07. The molecule has 0 fully saturated rings. The summed E-state index contributed by atoms with van der Waals surface area (Å²) in [6.07, 6.45) is 2.16. The highest BCUT2D eigenvalue weighted by molar-refractivity contribution is 5.58. The molecule has 0 radical (unpaired) electrons. The second-order valence-electron chi connectivity index (χ2n) is 4.12. The van der Waals surface area contributed by atoms with Gasteiger partial charge in [0.05, 0.1) is 6.61 Å². The van der Waals surface area contributed by atoms with E-state index in [0.717, 1.165) is 12.0 Å². The molecule has 0 bridgehead atoms. The number of nitrogens with zero attached hydrogens (tertiary/aromatic N) is 3. The van der Waals surface area contributed by atoms with Gasteiger partial charge >= 0.3 is 5.82 Å². The Hall–Kier alpha value is -2.21. The van der Waals surface area contributed by atoms with E-state index in [1.165, 1.54) is 16.3 Å². The molecule has 19 heavy (non-hydrogen) atoms. The van der Waals surface area contributed by atoms with E-state index >= 15 is 0 Å². The van der Waals surface area contributed by atoms with Gasteiger partial charge in [0.25, 0.3) is 0 Å². The number of benzene rings is 1. The van der Waals surface area contributed by atoms with Crippen LogP contribution in [-0.4, -0.2) is 26.2 Å². The van der Waals surface area contributed by atoms with Gasteiger partial charge in [-0.1, -0.05) is 19.1 Å². The van der Waals surface area contributed by atoms with Crippen LogP contribution in [0.15, 0.2) is 30.5 Å². The maximum atomic E-state index is 10.9. The molecule has 1 aromatic carbocycles. The first-order valence-corrected chi connectivity index (χ1v) is 6.07. The topological polar surface area (TPSA) is 81.2 Å². The van der Waals surface area contributed by atoms with Crippen molar-refractivity contribution in [2.45, 2.75) is 19.9 Å². The largest absolute Gasteiger partial charge is 0.392 e. The molecule has 6 heteroatoms. The second kappa shape index (κ2) is 5.62. The predicted molar refractivity (Wildman–Crippen MR) is 70.8 cm³/mol. The fraction of sp³-hybridized carbons (Fsp3) is 0.308. The van der Waals surface area contributed by atoms with Crippen molar-refractivity contribution in [1.82, 2.24) is 9.55 Å². The van der Waals surface area contributed by atoms with Gasteiger partial charge in [0.1, 0.15) is 12.7 Å².